The Bertz CT molecular complexity index is 3200. The van der Waals surface area contributed by atoms with Gasteiger partial charge in [0.15, 0.2) is 53.0 Å². The summed E-state index contributed by atoms with van der Waals surface area (Å²) in [6.07, 6.45) is -15.8. The zero-order valence-corrected chi connectivity index (χ0v) is 36.9. The van der Waals surface area contributed by atoms with Gasteiger partial charge in [-0.2, -0.15) is 0 Å². The number of fused-ring (bicyclic) bond motifs is 9. The SMILES string of the molecule is Oc1cc(O)c2c(c1)O[C@@]1(c3ccc(O)c(O)c3)Oc3cc(O)c4c(c3[C@@H]2[C@H]1O[C@@H]1OC[C@H](O)[C@H](O)[C@H]1O)O[C@H](c1ccc(O)c(O)c1)[C@H](O)[C@H]4c1c(O)cc(O)c2c1O[C@H](c1ccc(O)c(O)c1)[C@H](O)C2. The van der Waals surface area contributed by atoms with Crippen molar-refractivity contribution < 1.29 is 110 Å². The summed E-state index contributed by atoms with van der Waals surface area (Å²) >= 11 is 0. The molecule has 72 heavy (non-hydrogen) atoms. The van der Waals surface area contributed by atoms with Gasteiger partial charge in [-0.3, -0.25) is 0 Å². The number of phenols is 11. The molecule has 12 atom stereocenters. The van der Waals surface area contributed by atoms with Crippen molar-refractivity contribution in [1.82, 2.24) is 0 Å². The van der Waals surface area contributed by atoms with Gasteiger partial charge in [0.1, 0.15) is 82.3 Å². The summed E-state index contributed by atoms with van der Waals surface area (Å²) in [5.41, 5.74) is -1.05. The lowest BCUT2D eigenvalue weighted by molar-refractivity contribution is -0.327. The standard InChI is InChI=1S/C50H44O22/c51-19-10-28(59)35-33(11-19)71-50(18-3-6-23(54)27(58)9-18)48(70-49-43(66)41(64)32(63)15-67-49)40(35)38-34(72-50)14-30(61)37-39(42(65)45(69-47(37)38)17-2-5-22(53)26(57)8-17)36-29(60)13-24(55)20-12-31(62)44(68-46(20)36)16-1-4-21(52)25(56)7-16/h1-11,13-14,31-32,39-45,48-49,51-66H,12,15H2/t31-,32+,39+,40-,41+,42-,43-,44-,45-,48-,49+,50+/m1/s1. The minimum Gasteiger partial charge on any atom is -0.508 e. The van der Waals surface area contributed by atoms with Crippen LogP contribution in [0.15, 0.2) is 78.9 Å². The van der Waals surface area contributed by atoms with Gasteiger partial charge in [0.05, 0.1) is 24.5 Å². The zero-order valence-electron chi connectivity index (χ0n) is 36.9. The monoisotopic (exact) mass is 996 g/mol. The normalized spacial score (nSPS) is 28.9. The minimum absolute atomic E-state index is 0.0173. The van der Waals surface area contributed by atoms with E-state index >= 15 is 0 Å². The Labute approximate surface area is 404 Å². The second kappa shape index (κ2) is 16.6. The third-order valence-electron chi connectivity index (χ3n) is 13.9. The minimum atomic E-state index is -2.45. The Morgan fingerprint density at radius 3 is 1.68 bits per heavy atom. The van der Waals surface area contributed by atoms with E-state index in [2.05, 4.69) is 0 Å². The van der Waals surface area contributed by atoms with Gasteiger partial charge in [-0.15, -0.1) is 0 Å². The molecule has 0 unspecified atom stereocenters. The highest BCUT2D eigenvalue weighted by Crippen LogP contribution is 2.66. The number of rotatable bonds is 6. The van der Waals surface area contributed by atoms with Crippen molar-refractivity contribution in [3.8, 4) is 86.2 Å². The second-order valence-electron chi connectivity index (χ2n) is 18.2. The molecular weight excluding hydrogens is 953 g/mol. The van der Waals surface area contributed by atoms with Crippen LogP contribution in [0.25, 0.3) is 0 Å². The Kier molecular flexibility index (Phi) is 10.7. The van der Waals surface area contributed by atoms with Crippen molar-refractivity contribution >= 4 is 0 Å². The molecule has 1 fully saturated rings. The number of aromatic hydroxyl groups is 11. The number of aliphatic hydroxyl groups excluding tert-OH is 5. The molecule has 0 aliphatic carbocycles. The molecule has 22 heteroatoms. The molecule has 2 bridgehead atoms. The van der Waals surface area contributed by atoms with Crippen molar-refractivity contribution in [3.63, 3.8) is 0 Å². The van der Waals surface area contributed by atoms with E-state index in [0.717, 1.165) is 60.7 Å². The maximum absolute atomic E-state index is 12.8. The van der Waals surface area contributed by atoms with Crippen LogP contribution in [0.2, 0.25) is 0 Å². The Morgan fingerprint density at radius 2 is 1.03 bits per heavy atom. The average molecular weight is 997 g/mol. The van der Waals surface area contributed by atoms with Gasteiger partial charge in [0.2, 0.25) is 0 Å². The van der Waals surface area contributed by atoms with E-state index in [4.69, 9.17) is 28.4 Å². The van der Waals surface area contributed by atoms with Crippen molar-refractivity contribution in [1.29, 1.82) is 0 Å². The third-order valence-corrected chi connectivity index (χ3v) is 13.9. The van der Waals surface area contributed by atoms with E-state index in [1.165, 1.54) is 18.2 Å². The van der Waals surface area contributed by atoms with Crippen molar-refractivity contribution in [3.05, 3.63) is 123 Å². The Morgan fingerprint density at radius 1 is 0.458 bits per heavy atom. The van der Waals surface area contributed by atoms with Gasteiger partial charge in [-0.25, -0.2) is 0 Å². The molecule has 5 aliphatic heterocycles. The number of aliphatic hydroxyl groups is 5. The summed E-state index contributed by atoms with van der Waals surface area (Å²) < 4.78 is 38.7. The fraction of sp³-hybridized carbons (Fsp3) is 0.280. The number of phenolic OH excluding ortho intramolecular Hbond substituents is 11. The van der Waals surface area contributed by atoms with Crippen LogP contribution in [0.5, 0.6) is 86.2 Å². The number of hydrogen-bond donors (Lipinski definition) is 16. The van der Waals surface area contributed by atoms with Crippen LogP contribution in [-0.2, 0) is 21.7 Å². The smallest absolute Gasteiger partial charge is 0.305 e. The summed E-state index contributed by atoms with van der Waals surface area (Å²) in [4.78, 5) is 0. The van der Waals surface area contributed by atoms with Crippen LogP contribution < -0.4 is 18.9 Å². The zero-order chi connectivity index (χ0) is 51.0. The lowest BCUT2D eigenvalue weighted by Crippen LogP contribution is -2.62. The van der Waals surface area contributed by atoms with Crippen molar-refractivity contribution in [2.45, 2.75) is 79.2 Å². The fourth-order valence-electron chi connectivity index (χ4n) is 10.5. The maximum Gasteiger partial charge on any atom is 0.305 e. The van der Waals surface area contributed by atoms with Gasteiger partial charge in [0.25, 0.3) is 0 Å². The van der Waals surface area contributed by atoms with E-state index in [1.54, 1.807) is 0 Å². The Hall–Kier alpha value is -7.96. The first-order chi connectivity index (χ1) is 34.3. The molecule has 1 saturated heterocycles. The predicted octanol–water partition coefficient (Wildman–Crippen LogP) is 2.71. The third kappa shape index (κ3) is 6.98. The first-order valence-corrected chi connectivity index (χ1v) is 22.2. The number of hydrogen-bond acceptors (Lipinski definition) is 22. The molecule has 0 saturated carbocycles. The number of benzene rings is 6. The predicted molar refractivity (Wildman–Crippen MR) is 239 cm³/mol. The van der Waals surface area contributed by atoms with Crippen LogP contribution in [-0.4, -0.2) is 131 Å². The fourth-order valence-corrected chi connectivity index (χ4v) is 10.5. The van der Waals surface area contributed by atoms with Gasteiger partial charge >= 0.3 is 5.79 Å². The molecule has 6 aromatic rings. The molecule has 0 spiro atoms. The first kappa shape index (κ1) is 46.4. The number of ether oxygens (including phenoxy) is 6. The van der Waals surface area contributed by atoms with E-state index in [1.807, 2.05) is 0 Å². The van der Waals surface area contributed by atoms with E-state index in [-0.39, 0.29) is 73.9 Å². The highest BCUT2D eigenvalue weighted by atomic mass is 16.8. The van der Waals surface area contributed by atoms with E-state index in [0.29, 0.717) is 0 Å². The molecule has 0 radical (unpaired) electrons. The topological polar surface area (TPSA) is 379 Å². The van der Waals surface area contributed by atoms with Crippen LogP contribution in [0.4, 0.5) is 0 Å². The molecule has 376 valence electrons. The van der Waals surface area contributed by atoms with Gasteiger partial charge in [-0.05, 0) is 53.6 Å². The van der Waals surface area contributed by atoms with Gasteiger partial charge in [0, 0.05) is 64.1 Å². The molecule has 6 aromatic carbocycles. The van der Waals surface area contributed by atoms with Crippen LogP contribution in [0, 0.1) is 0 Å². The van der Waals surface area contributed by atoms with Crippen LogP contribution in [0.1, 0.15) is 68.6 Å². The lowest BCUT2D eigenvalue weighted by Gasteiger charge is -2.53. The largest absolute Gasteiger partial charge is 0.508 e. The molecular formula is C50H44O22. The van der Waals surface area contributed by atoms with Crippen LogP contribution in [0.3, 0.4) is 0 Å². The summed E-state index contributed by atoms with van der Waals surface area (Å²) in [6.45, 7) is -0.567. The molecule has 0 aromatic heterocycles. The molecule has 5 heterocycles. The van der Waals surface area contributed by atoms with E-state index < -0.39 is 143 Å². The van der Waals surface area contributed by atoms with Crippen LogP contribution >= 0.6 is 0 Å². The molecule has 11 rings (SSSR count). The lowest BCUT2D eigenvalue weighted by atomic mass is 9.71. The second-order valence-corrected chi connectivity index (χ2v) is 18.2. The summed E-state index contributed by atoms with van der Waals surface area (Å²) in [5.74, 6) is -13.8. The van der Waals surface area contributed by atoms with Gasteiger partial charge < -0.3 is 110 Å². The van der Waals surface area contributed by atoms with Gasteiger partial charge in [-0.1, -0.05) is 12.1 Å². The summed E-state index contributed by atoms with van der Waals surface area (Å²) in [7, 11) is 0. The average Bonchev–Trinajstić information content (AvgIpc) is 3.32. The summed E-state index contributed by atoms with van der Waals surface area (Å²) in [5, 5.41) is 178. The molecule has 0 amide bonds. The highest BCUT2D eigenvalue weighted by molar-refractivity contribution is 5.72. The highest BCUT2D eigenvalue weighted by Gasteiger charge is 2.63. The molecule has 16 N–H and O–H groups in total. The van der Waals surface area contributed by atoms with Crippen molar-refractivity contribution in [2.24, 2.45) is 0 Å². The maximum atomic E-state index is 12.8. The van der Waals surface area contributed by atoms with Crippen molar-refractivity contribution in [2.75, 3.05) is 6.61 Å². The molecule has 5 aliphatic rings. The van der Waals surface area contributed by atoms with E-state index in [9.17, 15) is 81.7 Å². The quantitative estimate of drug-likeness (QED) is 0.107. The Balaban J connectivity index is 1.20. The first-order valence-electron chi connectivity index (χ1n) is 22.2. The molecule has 22 nitrogen and oxygen atoms in total. The summed E-state index contributed by atoms with van der Waals surface area (Å²) in [6, 6.07) is 14.5.